The molecule has 1 aliphatic rings. The summed E-state index contributed by atoms with van der Waals surface area (Å²) >= 11 is 3.54. The third-order valence-electron chi connectivity index (χ3n) is 2.01. The van der Waals surface area contributed by atoms with Crippen molar-refractivity contribution in [2.24, 2.45) is 11.8 Å². The number of aldehydes is 1. The van der Waals surface area contributed by atoms with E-state index in [9.17, 15) is 4.79 Å². The number of hydrogen-bond donors (Lipinski definition) is 0. The van der Waals surface area contributed by atoms with Gasteiger partial charge in [-0.05, 0) is 17.9 Å². The van der Waals surface area contributed by atoms with E-state index in [0.717, 1.165) is 12.2 Å². The van der Waals surface area contributed by atoms with Crippen molar-refractivity contribution in [3.05, 3.63) is 12.2 Å². The maximum absolute atomic E-state index is 9.94. The highest BCUT2D eigenvalue weighted by Crippen LogP contribution is 2.48. The highest BCUT2D eigenvalue weighted by molar-refractivity contribution is 9.09. The van der Waals surface area contributed by atoms with E-state index in [1.807, 2.05) is 6.08 Å². The quantitative estimate of drug-likeness (QED) is 0.390. The molecular weight excluding hydrogens is 192 g/mol. The molecule has 2 heteroatoms. The van der Waals surface area contributed by atoms with Crippen molar-refractivity contribution >= 4 is 22.2 Å². The maximum atomic E-state index is 9.94. The van der Waals surface area contributed by atoms with E-state index in [1.54, 1.807) is 6.08 Å². The number of hydrogen-bond acceptors (Lipinski definition) is 1. The molecule has 0 aliphatic heterocycles. The van der Waals surface area contributed by atoms with Crippen LogP contribution in [0.15, 0.2) is 12.2 Å². The topological polar surface area (TPSA) is 17.1 Å². The summed E-state index contributed by atoms with van der Waals surface area (Å²) in [6.07, 6.45) is 5.61. The van der Waals surface area contributed by atoms with Gasteiger partial charge >= 0.3 is 0 Å². The third kappa shape index (κ3) is 1.48. The molecule has 10 heavy (non-hydrogen) atoms. The molecule has 0 aromatic heterocycles. The Balaban J connectivity index is 2.33. The van der Waals surface area contributed by atoms with Gasteiger partial charge < -0.3 is 0 Å². The van der Waals surface area contributed by atoms with Crippen LogP contribution >= 0.6 is 15.9 Å². The summed E-state index contributed by atoms with van der Waals surface area (Å²) in [6, 6.07) is 0. The Morgan fingerprint density at radius 1 is 1.60 bits per heavy atom. The van der Waals surface area contributed by atoms with E-state index < -0.39 is 0 Å². The lowest BCUT2D eigenvalue weighted by Gasteiger charge is -1.82. The van der Waals surface area contributed by atoms with Crippen LogP contribution in [0.4, 0.5) is 0 Å². The SMILES string of the molecule is CCC1C(Br)C1/C=C/C=O. The molecule has 0 spiro atoms. The molecule has 56 valence electrons. The lowest BCUT2D eigenvalue weighted by Crippen LogP contribution is -1.73. The molecule has 0 saturated heterocycles. The average molecular weight is 203 g/mol. The summed E-state index contributed by atoms with van der Waals surface area (Å²) in [7, 11) is 0. The number of carbonyl (C=O) groups is 1. The van der Waals surface area contributed by atoms with Crippen LogP contribution in [0.5, 0.6) is 0 Å². The Labute approximate surface area is 69.6 Å². The van der Waals surface area contributed by atoms with E-state index in [1.165, 1.54) is 6.42 Å². The summed E-state index contributed by atoms with van der Waals surface area (Å²) in [5.41, 5.74) is 0. The fourth-order valence-corrected chi connectivity index (χ4v) is 2.39. The first-order valence-corrected chi connectivity index (χ1v) is 4.48. The van der Waals surface area contributed by atoms with Gasteiger partial charge in [-0.1, -0.05) is 35.4 Å². The lowest BCUT2D eigenvalue weighted by molar-refractivity contribution is -0.104. The summed E-state index contributed by atoms with van der Waals surface area (Å²) < 4.78 is 0. The van der Waals surface area contributed by atoms with Crippen LogP contribution in [0, 0.1) is 11.8 Å². The van der Waals surface area contributed by atoms with E-state index >= 15 is 0 Å². The van der Waals surface area contributed by atoms with Crippen molar-refractivity contribution in [2.45, 2.75) is 18.2 Å². The first-order chi connectivity index (χ1) is 4.81. The predicted octanol–water partition coefficient (Wildman–Crippen LogP) is 2.16. The van der Waals surface area contributed by atoms with Crippen LogP contribution in [0.1, 0.15) is 13.3 Å². The zero-order valence-electron chi connectivity index (χ0n) is 5.96. The second-order valence-corrected chi connectivity index (χ2v) is 3.67. The van der Waals surface area contributed by atoms with Crippen LogP contribution in [0.3, 0.4) is 0 Å². The molecule has 0 bridgehead atoms. The van der Waals surface area contributed by atoms with E-state index in [-0.39, 0.29) is 0 Å². The van der Waals surface area contributed by atoms with Crippen molar-refractivity contribution in [2.75, 3.05) is 0 Å². The van der Waals surface area contributed by atoms with Gasteiger partial charge in [0.05, 0.1) is 0 Å². The normalized spacial score (nSPS) is 38.4. The van der Waals surface area contributed by atoms with Gasteiger partial charge in [0.1, 0.15) is 6.29 Å². The average Bonchev–Trinajstić information content (AvgIpc) is 2.56. The standard InChI is InChI=1S/C8H11BrO/c1-2-6-7(8(6)9)4-3-5-10/h3-8H,2H2,1H3/b4-3+. The molecule has 3 unspecified atom stereocenters. The summed E-state index contributed by atoms with van der Waals surface area (Å²) in [6.45, 7) is 2.17. The molecule has 0 aromatic carbocycles. The molecule has 1 rings (SSSR count). The van der Waals surface area contributed by atoms with Crippen molar-refractivity contribution in [1.29, 1.82) is 0 Å². The second kappa shape index (κ2) is 3.33. The third-order valence-corrected chi connectivity index (χ3v) is 3.30. The van der Waals surface area contributed by atoms with Gasteiger partial charge in [0, 0.05) is 4.83 Å². The summed E-state index contributed by atoms with van der Waals surface area (Å²) in [5, 5.41) is 0. The van der Waals surface area contributed by atoms with Crippen molar-refractivity contribution < 1.29 is 4.79 Å². The summed E-state index contributed by atoms with van der Waals surface area (Å²) in [4.78, 5) is 10.6. The first kappa shape index (κ1) is 7.99. The minimum atomic E-state index is 0.607. The van der Waals surface area contributed by atoms with Gasteiger partial charge in [-0.3, -0.25) is 4.79 Å². The molecule has 1 saturated carbocycles. The highest BCUT2D eigenvalue weighted by Gasteiger charge is 2.44. The lowest BCUT2D eigenvalue weighted by atomic mass is 10.2. The number of allylic oxidation sites excluding steroid dienone is 2. The molecule has 0 N–H and O–H groups in total. The Kier molecular flexibility index (Phi) is 2.66. The zero-order valence-corrected chi connectivity index (χ0v) is 7.54. The Hall–Kier alpha value is -0.110. The number of alkyl halides is 1. The fraction of sp³-hybridized carbons (Fsp3) is 0.625. The van der Waals surface area contributed by atoms with Crippen molar-refractivity contribution in [1.82, 2.24) is 0 Å². The number of rotatable bonds is 3. The van der Waals surface area contributed by atoms with Crippen LogP contribution < -0.4 is 0 Å². The zero-order chi connectivity index (χ0) is 7.56. The van der Waals surface area contributed by atoms with Gasteiger partial charge in [0.25, 0.3) is 0 Å². The fourth-order valence-electron chi connectivity index (χ4n) is 1.28. The molecule has 1 nitrogen and oxygen atoms in total. The highest BCUT2D eigenvalue weighted by atomic mass is 79.9. The van der Waals surface area contributed by atoms with Gasteiger partial charge in [-0.25, -0.2) is 0 Å². The van der Waals surface area contributed by atoms with Crippen LogP contribution in [0.2, 0.25) is 0 Å². The molecule has 3 atom stereocenters. The van der Waals surface area contributed by atoms with Gasteiger partial charge in [-0.2, -0.15) is 0 Å². The molecule has 0 aromatic rings. The van der Waals surface area contributed by atoms with Crippen LogP contribution in [-0.4, -0.2) is 11.1 Å². The number of halogens is 1. The van der Waals surface area contributed by atoms with Gasteiger partial charge in [-0.15, -0.1) is 0 Å². The Bertz CT molecular complexity index is 153. The second-order valence-electron chi connectivity index (χ2n) is 2.61. The first-order valence-electron chi connectivity index (χ1n) is 3.57. The minimum Gasteiger partial charge on any atom is -0.299 e. The van der Waals surface area contributed by atoms with Crippen molar-refractivity contribution in [3.63, 3.8) is 0 Å². The number of carbonyl (C=O) groups excluding carboxylic acids is 1. The molecule has 0 heterocycles. The minimum absolute atomic E-state index is 0.607. The largest absolute Gasteiger partial charge is 0.299 e. The molecular formula is C8H11BrO. The summed E-state index contributed by atoms with van der Waals surface area (Å²) in [5.74, 6) is 1.37. The molecule has 0 amide bonds. The van der Waals surface area contributed by atoms with E-state index in [0.29, 0.717) is 10.7 Å². The van der Waals surface area contributed by atoms with E-state index in [2.05, 4.69) is 22.9 Å². The van der Waals surface area contributed by atoms with E-state index in [4.69, 9.17) is 0 Å². The monoisotopic (exact) mass is 202 g/mol. The smallest absolute Gasteiger partial charge is 0.142 e. The molecule has 0 radical (unpaired) electrons. The predicted molar refractivity (Wildman–Crippen MR) is 45.2 cm³/mol. The maximum Gasteiger partial charge on any atom is 0.142 e. The van der Waals surface area contributed by atoms with Crippen LogP contribution in [0.25, 0.3) is 0 Å². The van der Waals surface area contributed by atoms with Gasteiger partial charge in [0.15, 0.2) is 0 Å². The Morgan fingerprint density at radius 3 is 2.70 bits per heavy atom. The molecule has 1 aliphatic carbocycles. The van der Waals surface area contributed by atoms with Crippen LogP contribution in [-0.2, 0) is 4.79 Å². The van der Waals surface area contributed by atoms with Gasteiger partial charge in [0.2, 0.25) is 0 Å². The Morgan fingerprint density at radius 2 is 2.30 bits per heavy atom. The van der Waals surface area contributed by atoms with Crippen molar-refractivity contribution in [3.8, 4) is 0 Å². The molecule has 1 fully saturated rings.